The maximum absolute atomic E-state index is 13.0. The van der Waals surface area contributed by atoms with Gasteiger partial charge < -0.3 is 9.67 Å². The van der Waals surface area contributed by atoms with Crippen LogP contribution >= 0.6 is 15.9 Å². The Kier molecular flexibility index (Phi) is 4.87. The third kappa shape index (κ3) is 3.29. The molecule has 0 saturated carbocycles. The lowest BCUT2D eigenvalue weighted by Gasteiger charge is -2.22. The van der Waals surface area contributed by atoms with Gasteiger partial charge >= 0.3 is 0 Å². The van der Waals surface area contributed by atoms with E-state index in [1.807, 2.05) is 41.2 Å². The molecule has 0 aliphatic carbocycles. The Morgan fingerprint density at radius 3 is 2.48 bits per heavy atom. The molecule has 1 aliphatic heterocycles. The van der Waals surface area contributed by atoms with Gasteiger partial charge in [0.25, 0.3) is 5.91 Å². The molecule has 0 fully saturated rings. The van der Waals surface area contributed by atoms with E-state index in [1.165, 1.54) is 4.90 Å². The maximum Gasteiger partial charge on any atom is 0.265 e. The molecule has 3 aromatic rings. The molecule has 1 atom stereocenters. The number of aromatic nitrogens is 1. The Morgan fingerprint density at radius 1 is 1.14 bits per heavy atom. The third-order valence-electron chi connectivity index (χ3n) is 5.05. The van der Waals surface area contributed by atoms with E-state index < -0.39 is 11.5 Å². The summed E-state index contributed by atoms with van der Waals surface area (Å²) in [5.41, 5.74) is 0.288. The van der Waals surface area contributed by atoms with Crippen LogP contribution in [0.4, 0.5) is 5.69 Å². The average molecular weight is 449 g/mol. The quantitative estimate of drug-likeness (QED) is 0.478. The monoisotopic (exact) mass is 448 g/mol. The molecular formula is C23H17BrN2O3. The summed E-state index contributed by atoms with van der Waals surface area (Å²) in [5, 5.41) is 11.3. The fourth-order valence-electron chi connectivity index (χ4n) is 3.60. The summed E-state index contributed by atoms with van der Waals surface area (Å²) in [4.78, 5) is 27.2. The molecule has 144 valence electrons. The first kappa shape index (κ1) is 19.2. The van der Waals surface area contributed by atoms with E-state index >= 15 is 0 Å². The van der Waals surface area contributed by atoms with Crippen LogP contribution in [-0.2, 0) is 10.4 Å². The Balaban J connectivity index is 1.64. The molecule has 0 saturated heterocycles. The summed E-state index contributed by atoms with van der Waals surface area (Å²) in [5.74, 6) is 1.52. The van der Waals surface area contributed by atoms with Crippen LogP contribution in [0.5, 0.6) is 0 Å². The van der Waals surface area contributed by atoms with E-state index in [0.717, 1.165) is 5.69 Å². The highest BCUT2D eigenvalue weighted by Crippen LogP contribution is 2.44. The molecule has 0 radical (unpaired) electrons. The van der Waals surface area contributed by atoms with Crippen molar-refractivity contribution >= 4 is 33.3 Å². The van der Waals surface area contributed by atoms with Gasteiger partial charge in [-0.1, -0.05) is 21.9 Å². The Labute approximate surface area is 176 Å². The van der Waals surface area contributed by atoms with Gasteiger partial charge in [-0.25, -0.2) is 0 Å². The first-order valence-electron chi connectivity index (χ1n) is 8.98. The second-order valence-corrected chi connectivity index (χ2v) is 7.77. The largest absolute Gasteiger partial charge is 0.375 e. The van der Waals surface area contributed by atoms with Crippen LogP contribution in [0.2, 0.25) is 0 Å². The second kappa shape index (κ2) is 7.36. The van der Waals surface area contributed by atoms with E-state index in [0.29, 0.717) is 21.3 Å². The number of amides is 1. The number of halogens is 1. The molecule has 5 nitrogen and oxygen atoms in total. The molecule has 29 heavy (non-hydrogen) atoms. The fraction of sp³-hybridized carbons (Fsp3) is 0.130. The predicted molar refractivity (Wildman–Crippen MR) is 114 cm³/mol. The van der Waals surface area contributed by atoms with E-state index in [2.05, 4.69) is 21.9 Å². The topological polar surface area (TPSA) is 62.5 Å². The van der Waals surface area contributed by atoms with E-state index in [-0.39, 0.29) is 18.7 Å². The lowest BCUT2D eigenvalue weighted by Crippen LogP contribution is -2.42. The molecule has 2 aromatic carbocycles. The number of ketones is 1. The molecule has 0 bridgehead atoms. The van der Waals surface area contributed by atoms with Crippen LogP contribution in [-0.4, -0.2) is 27.9 Å². The zero-order chi connectivity index (χ0) is 20.6. The zero-order valence-corrected chi connectivity index (χ0v) is 17.0. The van der Waals surface area contributed by atoms with E-state index in [4.69, 9.17) is 6.42 Å². The molecule has 2 heterocycles. The van der Waals surface area contributed by atoms with Gasteiger partial charge in [-0.05, 0) is 54.6 Å². The summed E-state index contributed by atoms with van der Waals surface area (Å²) in [7, 11) is 0. The number of fused-ring (bicyclic) bond motifs is 1. The number of benzene rings is 2. The Hall–Kier alpha value is -3.14. The number of Topliss-reactive ketones (excluding diaryl/α,β-unsaturated/α-hetero) is 1. The minimum absolute atomic E-state index is 0.0233. The van der Waals surface area contributed by atoms with Gasteiger partial charge in [0.1, 0.15) is 0 Å². The number of carbonyl (C=O) groups is 2. The summed E-state index contributed by atoms with van der Waals surface area (Å²) in [6, 6.07) is 16.0. The van der Waals surface area contributed by atoms with Crippen molar-refractivity contribution in [2.75, 3.05) is 11.4 Å². The van der Waals surface area contributed by atoms with Gasteiger partial charge in [0.05, 0.1) is 18.7 Å². The molecule has 6 heteroatoms. The first-order chi connectivity index (χ1) is 13.9. The van der Waals surface area contributed by atoms with E-state index in [9.17, 15) is 14.7 Å². The van der Waals surface area contributed by atoms with Crippen molar-refractivity contribution in [2.24, 2.45) is 0 Å². The maximum atomic E-state index is 13.0. The van der Waals surface area contributed by atoms with Gasteiger partial charge in [0, 0.05) is 33.7 Å². The molecule has 0 spiro atoms. The summed E-state index contributed by atoms with van der Waals surface area (Å²) >= 11 is 3.36. The van der Waals surface area contributed by atoms with Crippen molar-refractivity contribution in [2.45, 2.75) is 12.0 Å². The minimum Gasteiger partial charge on any atom is -0.375 e. The molecule has 1 aliphatic rings. The molecule has 1 N–H and O–H groups in total. The third-order valence-corrected chi connectivity index (χ3v) is 5.54. The van der Waals surface area contributed by atoms with Crippen molar-refractivity contribution in [1.29, 1.82) is 0 Å². The number of rotatable bonds is 5. The predicted octanol–water partition coefficient (Wildman–Crippen LogP) is 3.68. The van der Waals surface area contributed by atoms with Gasteiger partial charge in [-0.3, -0.25) is 14.5 Å². The summed E-state index contributed by atoms with van der Waals surface area (Å²) in [6.07, 6.45) is 8.84. The zero-order valence-electron chi connectivity index (χ0n) is 15.4. The number of aliphatic hydroxyl groups is 1. The van der Waals surface area contributed by atoms with Gasteiger partial charge in [-0.2, -0.15) is 0 Å². The summed E-state index contributed by atoms with van der Waals surface area (Å²) in [6.45, 7) is 0.0233. The SMILES string of the molecule is C#CCN1C(=O)[C@@](O)(CC(=O)c2ccc(-n3cccc3)cc2)c2cc(Br)ccc21. The fourth-order valence-corrected chi connectivity index (χ4v) is 3.96. The van der Waals surface area contributed by atoms with Crippen molar-refractivity contribution in [3.8, 4) is 18.0 Å². The normalized spacial score (nSPS) is 17.8. The van der Waals surface area contributed by atoms with Crippen molar-refractivity contribution in [3.05, 3.63) is 82.6 Å². The molecular weight excluding hydrogens is 432 g/mol. The lowest BCUT2D eigenvalue weighted by atomic mass is 9.88. The van der Waals surface area contributed by atoms with Gasteiger partial charge in [-0.15, -0.1) is 6.42 Å². The van der Waals surface area contributed by atoms with Crippen LogP contribution in [0, 0.1) is 12.3 Å². The number of terminal acetylenes is 1. The highest BCUT2D eigenvalue weighted by molar-refractivity contribution is 9.10. The first-order valence-corrected chi connectivity index (χ1v) is 9.78. The molecule has 1 aromatic heterocycles. The second-order valence-electron chi connectivity index (χ2n) is 6.85. The van der Waals surface area contributed by atoms with Crippen molar-refractivity contribution < 1.29 is 14.7 Å². The minimum atomic E-state index is -1.95. The Bertz CT molecular complexity index is 1130. The van der Waals surface area contributed by atoms with Crippen molar-refractivity contribution in [1.82, 2.24) is 4.57 Å². The van der Waals surface area contributed by atoms with Crippen LogP contribution in [0.15, 0.2) is 71.5 Å². The average Bonchev–Trinajstić information content (AvgIpc) is 3.32. The van der Waals surface area contributed by atoms with Crippen LogP contribution < -0.4 is 4.90 Å². The van der Waals surface area contributed by atoms with Crippen LogP contribution in [0.25, 0.3) is 5.69 Å². The lowest BCUT2D eigenvalue weighted by molar-refractivity contribution is -0.135. The Morgan fingerprint density at radius 2 is 1.83 bits per heavy atom. The number of carbonyl (C=O) groups excluding carboxylic acids is 2. The van der Waals surface area contributed by atoms with Crippen LogP contribution in [0.3, 0.4) is 0 Å². The number of anilines is 1. The van der Waals surface area contributed by atoms with Crippen LogP contribution in [0.1, 0.15) is 22.3 Å². The highest BCUT2D eigenvalue weighted by Gasteiger charge is 2.50. The number of nitrogens with zero attached hydrogens (tertiary/aromatic N) is 2. The molecule has 4 rings (SSSR count). The van der Waals surface area contributed by atoms with Gasteiger partial charge in [0.2, 0.25) is 0 Å². The molecule has 1 amide bonds. The molecule has 0 unspecified atom stereocenters. The van der Waals surface area contributed by atoms with Gasteiger partial charge in [0.15, 0.2) is 11.4 Å². The van der Waals surface area contributed by atoms with E-state index in [1.54, 1.807) is 30.3 Å². The van der Waals surface area contributed by atoms with Crippen molar-refractivity contribution in [3.63, 3.8) is 0 Å². The highest BCUT2D eigenvalue weighted by atomic mass is 79.9. The summed E-state index contributed by atoms with van der Waals surface area (Å²) < 4.78 is 2.63. The number of hydrogen-bond acceptors (Lipinski definition) is 3. The number of hydrogen-bond donors (Lipinski definition) is 1. The smallest absolute Gasteiger partial charge is 0.265 e. The standard InChI is InChI=1S/C23H17BrN2O3/c1-2-11-26-20-10-7-17(24)14-19(20)23(29,22(26)28)15-21(27)16-5-8-18(9-6-16)25-12-3-4-13-25/h1,3-10,12-14,29H,11,15H2/t23-/m1/s1.